The number of rotatable bonds is 7. The van der Waals surface area contributed by atoms with Crippen LogP contribution < -0.4 is 10.6 Å². The van der Waals surface area contributed by atoms with Gasteiger partial charge in [-0.25, -0.2) is 0 Å². The maximum Gasteiger partial charge on any atom is 0.191 e. The summed E-state index contributed by atoms with van der Waals surface area (Å²) in [6.45, 7) is 4.45. The topological polar surface area (TPSA) is 58.5 Å². The number of nitrogens with one attached hydrogen (secondary N) is 2. The highest BCUT2D eigenvalue weighted by atomic mass is 127. The van der Waals surface area contributed by atoms with Crippen LogP contribution in [-0.4, -0.2) is 37.2 Å². The minimum Gasteiger partial charge on any atom is -0.378 e. The fourth-order valence-electron chi connectivity index (χ4n) is 2.85. The van der Waals surface area contributed by atoms with Crippen molar-refractivity contribution in [3.8, 4) is 0 Å². The molecule has 136 valence electrons. The van der Waals surface area contributed by atoms with Crippen molar-refractivity contribution in [1.82, 2.24) is 15.6 Å². The predicted octanol–water partition coefficient (Wildman–Crippen LogP) is 3.41. The van der Waals surface area contributed by atoms with Crippen LogP contribution in [0.3, 0.4) is 0 Å². The third-order valence-electron chi connectivity index (χ3n) is 4.28. The molecule has 1 aliphatic carbocycles. The molecule has 6 heteroatoms. The highest BCUT2D eigenvalue weighted by Gasteiger charge is 2.12. The van der Waals surface area contributed by atoms with Gasteiger partial charge in [-0.2, -0.15) is 0 Å². The number of aliphatic imine (C=N–C) groups is 1. The van der Waals surface area contributed by atoms with Crippen LogP contribution in [-0.2, 0) is 11.3 Å². The van der Waals surface area contributed by atoms with Gasteiger partial charge in [0.25, 0.3) is 0 Å². The molecule has 0 saturated heterocycles. The van der Waals surface area contributed by atoms with Gasteiger partial charge in [0.15, 0.2) is 5.96 Å². The highest BCUT2D eigenvalue weighted by molar-refractivity contribution is 14.0. The molecule has 0 aliphatic heterocycles. The largest absolute Gasteiger partial charge is 0.378 e. The number of halogens is 1. The monoisotopic (exact) mass is 446 g/mol. The molecule has 1 aromatic heterocycles. The summed E-state index contributed by atoms with van der Waals surface area (Å²) < 4.78 is 5.93. The summed E-state index contributed by atoms with van der Waals surface area (Å²) in [7, 11) is 1.79. The third-order valence-corrected chi connectivity index (χ3v) is 4.28. The highest BCUT2D eigenvalue weighted by Crippen LogP contribution is 2.20. The molecule has 1 saturated carbocycles. The van der Waals surface area contributed by atoms with E-state index < -0.39 is 0 Å². The van der Waals surface area contributed by atoms with Crippen molar-refractivity contribution in [2.45, 2.75) is 58.1 Å². The van der Waals surface area contributed by atoms with Gasteiger partial charge >= 0.3 is 0 Å². The molecule has 2 rings (SSSR count). The lowest BCUT2D eigenvalue weighted by atomic mass is 9.98. The predicted molar refractivity (Wildman–Crippen MR) is 110 cm³/mol. The SMILES string of the molecule is CN=C(NCCCOC1CCCCC1)NCc1ncccc1C.I. The fraction of sp³-hybridized carbons (Fsp3) is 0.667. The molecular formula is C18H31IN4O. The Morgan fingerprint density at radius 3 is 2.79 bits per heavy atom. The maximum absolute atomic E-state index is 5.93. The standard InChI is InChI=1S/C18H30N4O.HI/c1-15-8-6-11-20-17(15)14-22-18(19-2)21-12-7-13-23-16-9-4-3-5-10-16;/h6,8,11,16H,3-5,7,9-10,12-14H2,1-2H3,(H2,19,21,22);1H. The molecule has 1 aromatic rings. The Hall–Kier alpha value is -0.890. The van der Waals surface area contributed by atoms with Crippen LogP contribution in [0.5, 0.6) is 0 Å². The van der Waals surface area contributed by atoms with Crippen molar-refractivity contribution in [2.75, 3.05) is 20.2 Å². The summed E-state index contributed by atoms with van der Waals surface area (Å²) in [5.74, 6) is 0.813. The summed E-state index contributed by atoms with van der Waals surface area (Å²) >= 11 is 0. The van der Waals surface area contributed by atoms with Gasteiger partial charge in [-0.15, -0.1) is 24.0 Å². The molecule has 0 bridgehead atoms. The zero-order chi connectivity index (χ0) is 16.3. The maximum atomic E-state index is 5.93. The minimum absolute atomic E-state index is 0. The van der Waals surface area contributed by atoms with E-state index in [1.807, 2.05) is 12.3 Å². The van der Waals surface area contributed by atoms with Crippen molar-refractivity contribution in [2.24, 2.45) is 4.99 Å². The minimum atomic E-state index is 0. The van der Waals surface area contributed by atoms with E-state index in [2.05, 4.69) is 33.6 Å². The first-order valence-corrected chi connectivity index (χ1v) is 8.76. The van der Waals surface area contributed by atoms with Crippen LogP contribution in [0.2, 0.25) is 0 Å². The number of aromatic nitrogens is 1. The second-order valence-electron chi connectivity index (χ2n) is 6.10. The molecule has 2 N–H and O–H groups in total. The average molecular weight is 446 g/mol. The van der Waals surface area contributed by atoms with Crippen molar-refractivity contribution in [3.05, 3.63) is 29.6 Å². The zero-order valence-electron chi connectivity index (χ0n) is 14.9. The number of hydrogen-bond acceptors (Lipinski definition) is 3. The third kappa shape index (κ3) is 7.79. The van der Waals surface area contributed by atoms with Crippen LogP contribution in [0, 0.1) is 6.92 Å². The molecule has 5 nitrogen and oxygen atoms in total. The molecular weight excluding hydrogens is 415 g/mol. The van der Waals surface area contributed by atoms with E-state index in [4.69, 9.17) is 4.74 Å². The molecule has 0 aromatic carbocycles. The molecule has 0 unspecified atom stereocenters. The van der Waals surface area contributed by atoms with E-state index in [1.54, 1.807) is 7.05 Å². The number of ether oxygens (including phenoxy) is 1. The molecule has 1 fully saturated rings. The lowest BCUT2D eigenvalue weighted by Gasteiger charge is -2.22. The molecule has 24 heavy (non-hydrogen) atoms. The fourth-order valence-corrected chi connectivity index (χ4v) is 2.85. The first-order valence-electron chi connectivity index (χ1n) is 8.76. The van der Waals surface area contributed by atoms with Crippen LogP contribution in [0.1, 0.15) is 49.8 Å². The summed E-state index contributed by atoms with van der Waals surface area (Å²) in [4.78, 5) is 8.63. The summed E-state index contributed by atoms with van der Waals surface area (Å²) in [5, 5.41) is 6.63. The average Bonchev–Trinajstić information content (AvgIpc) is 2.59. The molecule has 0 amide bonds. The van der Waals surface area contributed by atoms with Gasteiger partial charge in [-0.05, 0) is 37.8 Å². The Morgan fingerprint density at radius 2 is 2.08 bits per heavy atom. The Labute approximate surface area is 163 Å². The number of hydrogen-bond donors (Lipinski definition) is 2. The molecule has 0 spiro atoms. The van der Waals surface area contributed by atoms with Crippen LogP contribution in [0.15, 0.2) is 23.3 Å². The molecule has 0 atom stereocenters. The van der Waals surface area contributed by atoms with Gasteiger partial charge in [-0.1, -0.05) is 25.3 Å². The first-order chi connectivity index (χ1) is 11.3. The Bertz CT molecular complexity index is 490. The van der Waals surface area contributed by atoms with E-state index in [-0.39, 0.29) is 24.0 Å². The number of nitrogens with zero attached hydrogens (tertiary/aromatic N) is 2. The van der Waals surface area contributed by atoms with Crippen molar-refractivity contribution in [1.29, 1.82) is 0 Å². The zero-order valence-corrected chi connectivity index (χ0v) is 17.2. The van der Waals surface area contributed by atoms with Gasteiger partial charge in [0, 0.05) is 26.4 Å². The van der Waals surface area contributed by atoms with Crippen LogP contribution in [0.25, 0.3) is 0 Å². The molecule has 1 aliphatic rings. The van der Waals surface area contributed by atoms with Gasteiger partial charge in [0.2, 0.25) is 0 Å². The van der Waals surface area contributed by atoms with E-state index >= 15 is 0 Å². The van der Waals surface area contributed by atoms with E-state index in [0.717, 1.165) is 31.2 Å². The summed E-state index contributed by atoms with van der Waals surface area (Å²) in [5.41, 5.74) is 2.24. The summed E-state index contributed by atoms with van der Waals surface area (Å²) in [6, 6.07) is 4.03. The lowest BCUT2D eigenvalue weighted by molar-refractivity contribution is 0.0277. The van der Waals surface area contributed by atoms with E-state index in [1.165, 1.54) is 37.7 Å². The second kappa shape index (κ2) is 12.5. The van der Waals surface area contributed by atoms with Gasteiger partial charge < -0.3 is 15.4 Å². The van der Waals surface area contributed by atoms with Crippen molar-refractivity contribution < 1.29 is 4.74 Å². The van der Waals surface area contributed by atoms with Crippen LogP contribution >= 0.6 is 24.0 Å². The van der Waals surface area contributed by atoms with Crippen molar-refractivity contribution >= 4 is 29.9 Å². The van der Waals surface area contributed by atoms with Crippen LogP contribution in [0.4, 0.5) is 0 Å². The number of pyridine rings is 1. The van der Waals surface area contributed by atoms with Crippen molar-refractivity contribution in [3.63, 3.8) is 0 Å². The van der Waals surface area contributed by atoms with Gasteiger partial charge in [0.05, 0.1) is 18.3 Å². The molecule has 0 radical (unpaired) electrons. The van der Waals surface area contributed by atoms with Gasteiger partial charge in [-0.3, -0.25) is 9.98 Å². The summed E-state index contributed by atoms with van der Waals surface area (Å²) in [6.07, 6.45) is 9.81. The molecule has 1 heterocycles. The first kappa shape index (κ1) is 21.2. The van der Waals surface area contributed by atoms with E-state index in [0.29, 0.717) is 12.6 Å². The second-order valence-corrected chi connectivity index (χ2v) is 6.10. The quantitative estimate of drug-likeness (QED) is 0.292. The number of aryl methyl sites for hydroxylation is 1. The van der Waals surface area contributed by atoms with Gasteiger partial charge in [0.1, 0.15) is 0 Å². The lowest BCUT2D eigenvalue weighted by Crippen LogP contribution is -2.38. The smallest absolute Gasteiger partial charge is 0.191 e. The van der Waals surface area contributed by atoms with E-state index in [9.17, 15) is 0 Å². The Kier molecular flexibility index (Phi) is 11.0. The normalized spacial score (nSPS) is 15.7. The Morgan fingerprint density at radius 1 is 1.29 bits per heavy atom. The Balaban J connectivity index is 0.00000288. The number of guanidine groups is 1.